The van der Waals surface area contributed by atoms with E-state index in [-0.39, 0.29) is 24.5 Å². The number of nitrogens with zero attached hydrogens (tertiary/aromatic N) is 1. The van der Waals surface area contributed by atoms with E-state index in [9.17, 15) is 0 Å². The summed E-state index contributed by atoms with van der Waals surface area (Å²) in [7, 11) is 2.22. The van der Waals surface area contributed by atoms with Crippen molar-refractivity contribution in [3.63, 3.8) is 0 Å². The number of nitrogens with one attached hydrogen (secondary N) is 6. The Morgan fingerprint density at radius 3 is 2.59 bits per heavy atom. The summed E-state index contributed by atoms with van der Waals surface area (Å²) in [6.07, 6.45) is 6.41. The lowest BCUT2D eigenvalue weighted by Gasteiger charge is -2.48. The molecule has 7 unspecified atom stereocenters. The lowest BCUT2D eigenvalue weighted by Crippen LogP contribution is -2.84. The summed E-state index contributed by atoms with van der Waals surface area (Å²) in [5, 5.41) is 23.0. The molecule has 0 spiro atoms. The van der Waals surface area contributed by atoms with Crippen LogP contribution in [0.5, 0.6) is 0 Å². The molecule has 0 bridgehead atoms. The molecule has 9 heteroatoms. The van der Waals surface area contributed by atoms with Crippen molar-refractivity contribution < 1.29 is 10.5 Å². The summed E-state index contributed by atoms with van der Waals surface area (Å²) < 4.78 is 5.61. The maximum absolute atomic E-state index is 5.61. The van der Waals surface area contributed by atoms with Crippen molar-refractivity contribution in [2.24, 2.45) is 5.92 Å². The van der Waals surface area contributed by atoms with Gasteiger partial charge in [0.2, 0.25) is 0 Å². The van der Waals surface area contributed by atoms with Crippen molar-refractivity contribution >= 4 is 0 Å². The van der Waals surface area contributed by atoms with Gasteiger partial charge in [0, 0.05) is 19.2 Å². The molecule has 188 valence electrons. The van der Waals surface area contributed by atoms with Crippen LogP contribution in [0, 0.1) is 5.92 Å². The molecule has 0 aliphatic carbocycles. The number of rotatable bonds is 11. The van der Waals surface area contributed by atoms with Crippen LogP contribution in [-0.2, 0) is 4.74 Å². The van der Waals surface area contributed by atoms with E-state index in [1.807, 2.05) is 0 Å². The maximum Gasteiger partial charge on any atom is 0.113 e. The number of likely N-dealkylation sites (tertiary alicyclic amines) is 1. The molecule has 3 aliphatic rings. The number of ether oxygens (including phenoxy) is 1. The van der Waals surface area contributed by atoms with E-state index in [2.05, 4.69) is 70.4 Å². The molecule has 32 heavy (non-hydrogen) atoms. The predicted octanol–water partition coefficient (Wildman–Crippen LogP) is -1.21. The number of quaternary nitrogens is 1. The summed E-state index contributed by atoms with van der Waals surface area (Å²) in [6, 6.07) is 1.36. The molecular formula is C23H51N8O+. The second kappa shape index (κ2) is 13.5. The fourth-order valence-corrected chi connectivity index (χ4v) is 5.32. The Balaban J connectivity index is 1.69. The molecule has 3 heterocycles. The Morgan fingerprint density at radius 2 is 1.91 bits per heavy atom. The number of piperidine rings is 2. The van der Waals surface area contributed by atoms with Gasteiger partial charge < -0.3 is 26.0 Å². The van der Waals surface area contributed by atoms with Crippen LogP contribution in [0.4, 0.5) is 0 Å². The Kier molecular flexibility index (Phi) is 11.1. The lowest BCUT2D eigenvalue weighted by atomic mass is 9.92. The van der Waals surface area contributed by atoms with Gasteiger partial charge in [-0.3, -0.25) is 21.3 Å². The van der Waals surface area contributed by atoms with Crippen molar-refractivity contribution in [3.8, 4) is 0 Å². The second-order valence-corrected chi connectivity index (χ2v) is 10.2. The van der Waals surface area contributed by atoms with Crippen molar-refractivity contribution in [2.75, 3.05) is 46.4 Å². The molecule has 0 saturated carbocycles. The minimum absolute atomic E-state index is 0.0765. The second-order valence-electron chi connectivity index (χ2n) is 10.2. The molecule has 0 aromatic heterocycles. The third kappa shape index (κ3) is 7.85. The molecule has 3 aliphatic heterocycles. The van der Waals surface area contributed by atoms with Gasteiger partial charge in [0.25, 0.3) is 0 Å². The van der Waals surface area contributed by atoms with Crippen molar-refractivity contribution in [3.05, 3.63) is 0 Å². The number of hydrogen-bond acceptors (Lipinski definition) is 8. The average Bonchev–Trinajstić information content (AvgIpc) is 2.78. The van der Waals surface area contributed by atoms with Gasteiger partial charge in [0.05, 0.1) is 31.0 Å². The molecule has 0 aromatic carbocycles. The highest BCUT2D eigenvalue weighted by molar-refractivity contribution is 5.01. The topological polar surface area (TPSA) is 112 Å². The molecule has 3 fully saturated rings. The Morgan fingerprint density at radius 1 is 1.12 bits per heavy atom. The van der Waals surface area contributed by atoms with E-state index in [4.69, 9.17) is 4.74 Å². The first-order valence-electron chi connectivity index (χ1n) is 13.1. The standard InChI is InChI=1S/C23H50N8O/c1-5-18(24)20-21(26-11-14-32-6-2)22(28-19-15-16(3)7-10-25-19)30-23(29-20)27-17-8-12-31(4)13-9-17/h16-23,25-30H,5-15,24H2,1-4H3/p+1. The van der Waals surface area contributed by atoms with Gasteiger partial charge in [0.15, 0.2) is 0 Å². The molecule has 0 radical (unpaired) electrons. The minimum atomic E-state index is 0.0765. The molecule has 3 saturated heterocycles. The highest BCUT2D eigenvalue weighted by atomic mass is 16.5. The quantitative estimate of drug-likeness (QED) is 0.194. The highest BCUT2D eigenvalue weighted by Gasteiger charge is 2.42. The third-order valence-corrected chi connectivity index (χ3v) is 7.48. The van der Waals surface area contributed by atoms with Crippen molar-refractivity contribution in [1.82, 2.24) is 36.8 Å². The van der Waals surface area contributed by atoms with Gasteiger partial charge in [-0.25, -0.2) is 0 Å². The van der Waals surface area contributed by atoms with Crippen LogP contribution in [0.2, 0.25) is 0 Å². The summed E-state index contributed by atoms with van der Waals surface area (Å²) in [5.41, 5.74) is 4.52. The fraction of sp³-hybridized carbons (Fsp3) is 1.00. The van der Waals surface area contributed by atoms with Gasteiger partial charge in [-0.2, -0.15) is 0 Å². The van der Waals surface area contributed by atoms with E-state index in [1.165, 1.54) is 19.3 Å². The molecular weight excluding hydrogens is 404 g/mol. The normalized spacial score (nSPS) is 36.3. The van der Waals surface area contributed by atoms with Gasteiger partial charge in [-0.05, 0) is 71.6 Å². The Labute approximate surface area is 195 Å². The Hall–Kier alpha value is -0.360. The highest BCUT2D eigenvalue weighted by Crippen LogP contribution is 2.17. The largest absolute Gasteiger partial charge is 0.380 e. The zero-order valence-electron chi connectivity index (χ0n) is 21.0. The monoisotopic (exact) mass is 455 g/mol. The molecule has 0 aromatic rings. The molecule has 9 N–H and O–H groups in total. The van der Waals surface area contributed by atoms with Gasteiger partial charge in [0.1, 0.15) is 12.3 Å². The zero-order valence-corrected chi connectivity index (χ0v) is 21.0. The van der Waals surface area contributed by atoms with Crippen LogP contribution in [-0.4, -0.2) is 94.1 Å². The van der Waals surface area contributed by atoms with E-state index in [0.29, 0.717) is 18.2 Å². The first kappa shape index (κ1) is 26.2. The van der Waals surface area contributed by atoms with Crippen LogP contribution in [0.15, 0.2) is 0 Å². The molecule has 7 atom stereocenters. The summed E-state index contributed by atoms with van der Waals surface area (Å²) in [6.45, 7) is 12.4. The fourth-order valence-electron chi connectivity index (χ4n) is 5.32. The van der Waals surface area contributed by atoms with E-state index in [0.717, 1.165) is 58.2 Å². The third-order valence-electron chi connectivity index (χ3n) is 7.48. The van der Waals surface area contributed by atoms with Crippen molar-refractivity contribution in [2.45, 2.75) is 95.7 Å². The van der Waals surface area contributed by atoms with Crippen LogP contribution < -0.4 is 37.6 Å². The van der Waals surface area contributed by atoms with Crippen LogP contribution in [0.1, 0.15) is 52.9 Å². The maximum atomic E-state index is 5.61. The van der Waals surface area contributed by atoms with Gasteiger partial charge >= 0.3 is 0 Å². The zero-order chi connectivity index (χ0) is 22.9. The summed E-state index contributed by atoms with van der Waals surface area (Å²) >= 11 is 0. The summed E-state index contributed by atoms with van der Waals surface area (Å²) in [4.78, 5) is 2.42. The van der Waals surface area contributed by atoms with Crippen LogP contribution in [0.25, 0.3) is 0 Å². The smallest absolute Gasteiger partial charge is 0.113 e. The van der Waals surface area contributed by atoms with Crippen molar-refractivity contribution in [1.29, 1.82) is 0 Å². The van der Waals surface area contributed by atoms with Gasteiger partial charge in [-0.15, -0.1) is 0 Å². The molecule has 3 rings (SSSR count). The predicted molar refractivity (Wildman–Crippen MR) is 130 cm³/mol. The first-order valence-corrected chi connectivity index (χ1v) is 13.1. The average molecular weight is 456 g/mol. The summed E-state index contributed by atoms with van der Waals surface area (Å²) in [5.74, 6) is 0.750. The lowest BCUT2D eigenvalue weighted by molar-refractivity contribution is -0.429. The van der Waals surface area contributed by atoms with Gasteiger partial charge in [-0.1, -0.05) is 13.8 Å². The van der Waals surface area contributed by atoms with E-state index in [1.54, 1.807) is 0 Å². The first-order chi connectivity index (χ1) is 15.5. The molecule has 0 amide bonds. The van der Waals surface area contributed by atoms with Crippen LogP contribution in [0.3, 0.4) is 0 Å². The van der Waals surface area contributed by atoms with E-state index >= 15 is 0 Å². The SMILES string of the molecule is CCOCCNC1C(NC2CC(C)CCN2)NC(NC2CCN(C)CC2)NC1C([NH3+])CC. The van der Waals surface area contributed by atoms with E-state index < -0.39 is 0 Å². The minimum Gasteiger partial charge on any atom is -0.380 e. The van der Waals surface area contributed by atoms with Crippen LogP contribution >= 0.6 is 0 Å². The number of hydrogen-bond donors (Lipinski definition) is 7. The Bertz CT molecular complexity index is 518. The molecule has 9 nitrogen and oxygen atoms in total.